The number of methoxy groups -OCH3 is 2. The summed E-state index contributed by atoms with van der Waals surface area (Å²) in [4.78, 5) is 23.1. The van der Waals surface area contributed by atoms with Gasteiger partial charge in [0.05, 0.1) is 28.8 Å². The summed E-state index contributed by atoms with van der Waals surface area (Å²) in [5, 5.41) is 8.42. The van der Waals surface area contributed by atoms with Gasteiger partial charge in [0, 0.05) is 19.9 Å². The molecule has 0 saturated heterocycles. The van der Waals surface area contributed by atoms with E-state index in [1.54, 1.807) is 14.2 Å². The molecule has 0 aliphatic heterocycles. The topological polar surface area (TPSA) is 91.2 Å². The zero-order valence-electron chi connectivity index (χ0n) is 19.2. The first kappa shape index (κ1) is 22.9. The lowest BCUT2D eigenvalue weighted by atomic mass is 10.1. The van der Waals surface area contributed by atoms with Crippen molar-refractivity contribution in [2.75, 3.05) is 20.8 Å². The lowest BCUT2D eigenvalue weighted by Crippen LogP contribution is -2.24. The highest BCUT2D eigenvalue weighted by Gasteiger charge is 2.21. The molecule has 0 radical (unpaired) electrons. The molecule has 8 nitrogen and oxygen atoms in total. The molecule has 0 aliphatic carbocycles. The smallest absolute Gasteiger partial charge is 0.261 e. The van der Waals surface area contributed by atoms with Crippen LogP contribution in [0.1, 0.15) is 38.7 Å². The van der Waals surface area contributed by atoms with E-state index in [1.807, 2.05) is 48.9 Å². The number of aryl methyl sites for hydroxylation is 3. The highest BCUT2D eigenvalue weighted by molar-refractivity contribution is 7.20. The fraction of sp³-hybridized carbons (Fsp3) is 0.333. The number of aromatic nitrogens is 4. The SMILES string of the molecule is COCc1nc(OC)c2c(C)c(C(=O)NCCCc3cn(-c4ccccc4)nc3C)sc2n1. The number of nitrogens with zero attached hydrogens (tertiary/aromatic N) is 4. The van der Waals surface area contributed by atoms with Gasteiger partial charge in [-0.25, -0.2) is 9.67 Å². The van der Waals surface area contributed by atoms with Crippen LogP contribution in [0.15, 0.2) is 36.5 Å². The Hall–Kier alpha value is -3.30. The maximum atomic E-state index is 12.9. The van der Waals surface area contributed by atoms with Crippen LogP contribution in [0.4, 0.5) is 0 Å². The number of para-hydroxylation sites is 1. The fourth-order valence-electron chi connectivity index (χ4n) is 3.72. The molecule has 4 rings (SSSR count). The van der Waals surface area contributed by atoms with Crippen LogP contribution in [0.5, 0.6) is 5.88 Å². The monoisotopic (exact) mass is 465 g/mol. The number of benzene rings is 1. The number of hydrogen-bond acceptors (Lipinski definition) is 7. The van der Waals surface area contributed by atoms with Crippen molar-refractivity contribution < 1.29 is 14.3 Å². The largest absolute Gasteiger partial charge is 0.480 e. The van der Waals surface area contributed by atoms with Gasteiger partial charge in [0.15, 0.2) is 5.82 Å². The number of fused-ring (bicyclic) bond motifs is 1. The van der Waals surface area contributed by atoms with Crippen molar-refractivity contribution in [2.45, 2.75) is 33.3 Å². The summed E-state index contributed by atoms with van der Waals surface area (Å²) in [5.74, 6) is 0.884. The molecule has 33 heavy (non-hydrogen) atoms. The summed E-state index contributed by atoms with van der Waals surface area (Å²) in [6.07, 6.45) is 3.72. The molecule has 9 heteroatoms. The number of hydrogen-bond donors (Lipinski definition) is 1. The van der Waals surface area contributed by atoms with E-state index < -0.39 is 0 Å². The second kappa shape index (κ2) is 10.1. The van der Waals surface area contributed by atoms with Crippen LogP contribution in [0.3, 0.4) is 0 Å². The molecule has 0 bridgehead atoms. The quantitative estimate of drug-likeness (QED) is 0.376. The van der Waals surface area contributed by atoms with Crippen molar-refractivity contribution in [3.63, 3.8) is 0 Å². The molecule has 172 valence electrons. The zero-order valence-corrected chi connectivity index (χ0v) is 20.0. The highest BCUT2D eigenvalue weighted by Crippen LogP contribution is 2.35. The molecule has 0 unspecified atom stereocenters. The Morgan fingerprint density at radius 1 is 1.15 bits per heavy atom. The summed E-state index contributed by atoms with van der Waals surface area (Å²) in [5.41, 5.74) is 4.04. The Morgan fingerprint density at radius 3 is 2.67 bits per heavy atom. The molecular weight excluding hydrogens is 438 g/mol. The maximum Gasteiger partial charge on any atom is 0.261 e. The number of rotatable bonds is 9. The van der Waals surface area contributed by atoms with Gasteiger partial charge < -0.3 is 14.8 Å². The molecule has 1 aromatic carbocycles. The molecule has 0 fully saturated rings. The van der Waals surface area contributed by atoms with E-state index in [4.69, 9.17) is 9.47 Å². The van der Waals surface area contributed by atoms with Gasteiger partial charge in [0.25, 0.3) is 5.91 Å². The van der Waals surface area contributed by atoms with Gasteiger partial charge in [-0.3, -0.25) is 4.79 Å². The number of carbonyl (C=O) groups excluding carboxylic acids is 1. The molecule has 1 N–H and O–H groups in total. The van der Waals surface area contributed by atoms with Gasteiger partial charge in [-0.2, -0.15) is 10.1 Å². The molecule has 0 spiro atoms. The number of amides is 1. The van der Waals surface area contributed by atoms with E-state index in [2.05, 4.69) is 26.6 Å². The van der Waals surface area contributed by atoms with E-state index in [9.17, 15) is 4.79 Å². The van der Waals surface area contributed by atoms with Crippen LogP contribution >= 0.6 is 11.3 Å². The number of ether oxygens (including phenoxy) is 2. The number of nitrogens with one attached hydrogen (secondary N) is 1. The van der Waals surface area contributed by atoms with Gasteiger partial charge >= 0.3 is 0 Å². The lowest BCUT2D eigenvalue weighted by Gasteiger charge is -2.05. The van der Waals surface area contributed by atoms with Crippen molar-refractivity contribution >= 4 is 27.5 Å². The normalized spacial score (nSPS) is 11.2. The molecule has 3 heterocycles. The second-order valence-electron chi connectivity index (χ2n) is 7.70. The van der Waals surface area contributed by atoms with Crippen molar-refractivity contribution in [1.29, 1.82) is 0 Å². The second-order valence-corrected chi connectivity index (χ2v) is 8.70. The highest BCUT2D eigenvalue weighted by atomic mass is 32.1. The van der Waals surface area contributed by atoms with Crippen LogP contribution < -0.4 is 10.1 Å². The summed E-state index contributed by atoms with van der Waals surface area (Å²) in [6.45, 7) is 4.77. The molecule has 1 amide bonds. The molecule has 0 aliphatic rings. The summed E-state index contributed by atoms with van der Waals surface area (Å²) in [7, 11) is 3.16. The molecule has 0 saturated carbocycles. The minimum absolute atomic E-state index is 0.109. The fourth-order valence-corrected chi connectivity index (χ4v) is 4.82. The maximum absolute atomic E-state index is 12.9. The molecular formula is C24H27N5O3S. The predicted molar refractivity (Wildman–Crippen MR) is 128 cm³/mol. The van der Waals surface area contributed by atoms with Crippen LogP contribution in [-0.2, 0) is 17.8 Å². The summed E-state index contributed by atoms with van der Waals surface area (Å²) >= 11 is 1.35. The average Bonchev–Trinajstić information content (AvgIpc) is 3.36. The Kier molecular flexibility index (Phi) is 7.00. The van der Waals surface area contributed by atoms with Crippen LogP contribution in [0.2, 0.25) is 0 Å². The number of thiophene rings is 1. The molecule has 0 atom stereocenters. The Bertz CT molecular complexity index is 1270. The van der Waals surface area contributed by atoms with Crippen LogP contribution in [0.25, 0.3) is 15.9 Å². The first-order valence-electron chi connectivity index (χ1n) is 10.7. The minimum Gasteiger partial charge on any atom is -0.480 e. The third-order valence-electron chi connectivity index (χ3n) is 5.41. The first-order chi connectivity index (χ1) is 16.0. The van der Waals surface area contributed by atoms with E-state index in [0.717, 1.165) is 40.0 Å². The Morgan fingerprint density at radius 2 is 1.94 bits per heavy atom. The van der Waals surface area contributed by atoms with Gasteiger partial charge in [0.1, 0.15) is 11.4 Å². The van der Waals surface area contributed by atoms with Crippen LogP contribution in [-0.4, -0.2) is 46.4 Å². The third-order valence-corrected chi connectivity index (χ3v) is 6.59. The van der Waals surface area contributed by atoms with Crippen molar-refractivity contribution in [3.8, 4) is 11.6 Å². The van der Waals surface area contributed by atoms with Gasteiger partial charge in [-0.05, 0) is 49.9 Å². The van der Waals surface area contributed by atoms with E-state index in [-0.39, 0.29) is 12.5 Å². The number of carbonyl (C=O) groups is 1. The van der Waals surface area contributed by atoms with Crippen molar-refractivity contribution in [1.82, 2.24) is 25.1 Å². The van der Waals surface area contributed by atoms with E-state index >= 15 is 0 Å². The molecule has 4 aromatic rings. The van der Waals surface area contributed by atoms with Gasteiger partial charge in [-0.15, -0.1) is 11.3 Å². The average molecular weight is 466 g/mol. The van der Waals surface area contributed by atoms with Crippen molar-refractivity contribution in [3.05, 3.63) is 64.1 Å². The summed E-state index contributed by atoms with van der Waals surface area (Å²) < 4.78 is 12.5. The molecule has 3 aromatic heterocycles. The lowest BCUT2D eigenvalue weighted by molar-refractivity contribution is 0.0957. The van der Waals surface area contributed by atoms with E-state index in [1.165, 1.54) is 16.9 Å². The van der Waals surface area contributed by atoms with Gasteiger partial charge in [-0.1, -0.05) is 18.2 Å². The van der Waals surface area contributed by atoms with Crippen molar-refractivity contribution in [2.24, 2.45) is 0 Å². The van der Waals surface area contributed by atoms with Gasteiger partial charge in [0.2, 0.25) is 5.88 Å². The Labute approximate surface area is 196 Å². The van der Waals surface area contributed by atoms with Crippen LogP contribution in [0, 0.1) is 13.8 Å². The summed E-state index contributed by atoms with van der Waals surface area (Å²) in [6, 6.07) is 10.0. The third kappa shape index (κ3) is 4.89. The minimum atomic E-state index is -0.109. The van der Waals surface area contributed by atoms with E-state index in [0.29, 0.717) is 23.1 Å². The standard InChI is InChI=1S/C24H27N5O3S/c1-15-20-23(32-4)26-19(14-31-3)27-24(20)33-21(15)22(30)25-12-8-9-17-13-29(28-16(17)2)18-10-6-5-7-11-18/h5-7,10-11,13H,8-9,12,14H2,1-4H3,(H,25,30). The first-order valence-corrected chi connectivity index (χ1v) is 11.5. The zero-order chi connectivity index (χ0) is 23.4. The predicted octanol–water partition coefficient (Wildman–Crippen LogP) is 4.01. The Balaban J connectivity index is 1.40.